The Labute approximate surface area is 162 Å². The lowest BCUT2D eigenvalue weighted by Gasteiger charge is -2.12. The van der Waals surface area contributed by atoms with E-state index in [1.807, 2.05) is 0 Å². The summed E-state index contributed by atoms with van der Waals surface area (Å²) in [4.78, 5) is 7.63. The summed E-state index contributed by atoms with van der Waals surface area (Å²) in [5.74, 6) is -0.215. The van der Waals surface area contributed by atoms with Crippen LogP contribution in [0.3, 0.4) is 0 Å². The van der Waals surface area contributed by atoms with Crippen LogP contribution in [0.4, 0.5) is 19.0 Å². The van der Waals surface area contributed by atoms with Gasteiger partial charge in [0.1, 0.15) is 18.2 Å². The highest BCUT2D eigenvalue weighted by Crippen LogP contribution is 2.35. The molecule has 2 aromatic heterocycles. The van der Waals surface area contributed by atoms with Crippen molar-refractivity contribution < 1.29 is 17.9 Å². The molecular formula is C18H12Cl2F3N3O. The minimum atomic E-state index is -4.60. The Balaban J connectivity index is 1.84. The maximum Gasteiger partial charge on any atom is 0.419 e. The number of alkyl halides is 3. The van der Waals surface area contributed by atoms with Gasteiger partial charge < -0.3 is 10.5 Å². The van der Waals surface area contributed by atoms with Crippen LogP contribution in [0.15, 0.2) is 48.9 Å². The second-order valence-corrected chi connectivity index (χ2v) is 6.43. The van der Waals surface area contributed by atoms with Crippen LogP contribution < -0.4 is 10.5 Å². The van der Waals surface area contributed by atoms with Crippen molar-refractivity contribution in [3.63, 3.8) is 0 Å². The molecule has 3 aromatic rings. The zero-order valence-corrected chi connectivity index (χ0v) is 15.1. The summed E-state index contributed by atoms with van der Waals surface area (Å²) >= 11 is 11.9. The summed E-state index contributed by atoms with van der Waals surface area (Å²) in [5.41, 5.74) is 5.67. The Bertz CT molecular complexity index is 980. The number of benzene rings is 1. The minimum Gasteiger partial charge on any atom is -0.487 e. The molecule has 0 radical (unpaired) electrons. The normalized spacial score (nSPS) is 11.4. The molecule has 0 unspecified atom stereocenters. The Morgan fingerprint density at radius 3 is 2.44 bits per heavy atom. The molecule has 4 nitrogen and oxygen atoms in total. The molecule has 1 aromatic carbocycles. The van der Waals surface area contributed by atoms with Gasteiger partial charge in [-0.3, -0.25) is 4.98 Å². The van der Waals surface area contributed by atoms with Crippen LogP contribution in [0.5, 0.6) is 5.75 Å². The van der Waals surface area contributed by atoms with E-state index in [4.69, 9.17) is 33.7 Å². The van der Waals surface area contributed by atoms with Crippen molar-refractivity contribution in [2.24, 2.45) is 0 Å². The van der Waals surface area contributed by atoms with Gasteiger partial charge in [0.25, 0.3) is 0 Å². The van der Waals surface area contributed by atoms with Crippen LogP contribution in [0.25, 0.3) is 11.1 Å². The summed E-state index contributed by atoms with van der Waals surface area (Å²) in [6.45, 7) is 0.148. The number of nitrogens with two attached hydrogens (primary N) is 1. The number of nitrogen functional groups attached to an aromatic ring is 1. The highest BCUT2D eigenvalue weighted by atomic mass is 35.5. The molecule has 0 amide bonds. The molecule has 2 heterocycles. The fourth-order valence-corrected chi connectivity index (χ4v) is 2.78. The van der Waals surface area contributed by atoms with Gasteiger partial charge in [0.05, 0.1) is 11.8 Å². The molecule has 0 bridgehead atoms. The molecule has 0 spiro atoms. The summed E-state index contributed by atoms with van der Waals surface area (Å²) in [5, 5.41) is 0.952. The summed E-state index contributed by atoms with van der Waals surface area (Å²) in [7, 11) is 0. The van der Waals surface area contributed by atoms with Gasteiger partial charge in [-0.2, -0.15) is 13.2 Å². The second-order valence-electron chi connectivity index (χ2n) is 5.59. The number of nitrogens with zero attached hydrogens (tertiary/aromatic N) is 2. The number of aromatic nitrogens is 2. The molecule has 0 aliphatic carbocycles. The van der Waals surface area contributed by atoms with Crippen LogP contribution in [-0.2, 0) is 12.8 Å². The number of pyridine rings is 2. The average Bonchev–Trinajstić information content (AvgIpc) is 2.60. The fourth-order valence-electron chi connectivity index (χ4n) is 2.32. The third kappa shape index (κ3) is 4.61. The molecule has 9 heteroatoms. The number of anilines is 1. The third-order valence-corrected chi connectivity index (χ3v) is 4.27. The Kier molecular flexibility index (Phi) is 5.43. The summed E-state index contributed by atoms with van der Waals surface area (Å²) < 4.78 is 44.7. The van der Waals surface area contributed by atoms with Gasteiger partial charge in [-0.15, -0.1) is 0 Å². The molecule has 0 saturated carbocycles. The van der Waals surface area contributed by atoms with E-state index in [0.29, 0.717) is 26.9 Å². The van der Waals surface area contributed by atoms with Gasteiger partial charge in [0.15, 0.2) is 0 Å². The van der Waals surface area contributed by atoms with E-state index in [9.17, 15) is 13.2 Å². The van der Waals surface area contributed by atoms with Crippen molar-refractivity contribution in [2.75, 3.05) is 5.73 Å². The first-order chi connectivity index (χ1) is 12.7. The molecular weight excluding hydrogens is 402 g/mol. The molecule has 0 fully saturated rings. The van der Waals surface area contributed by atoms with Gasteiger partial charge >= 0.3 is 6.18 Å². The van der Waals surface area contributed by atoms with Crippen LogP contribution in [-0.4, -0.2) is 9.97 Å². The van der Waals surface area contributed by atoms with Crippen molar-refractivity contribution in [3.05, 3.63) is 70.1 Å². The van der Waals surface area contributed by atoms with E-state index >= 15 is 0 Å². The monoisotopic (exact) mass is 413 g/mol. The molecule has 2 N–H and O–H groups in total. The van der Waals surface area contributed by atoms with E-state index < -0.39 is 17.6 Å². The number of ether oxygens (including phenoxy) is 1. The lowest BCUT2D eigenvalue weighted by atomic mass is 10.1. The van der Waals surface area contributed by atoms with E-state index in [1.54, 1.807) is 24.3 Å². The summed E-state index contributed by atoms with van der Waals surface area (Å²) in [6, 6.07) is 7.49. The van der Waals surface area contributed by atoms with E-state index in [-0.39, 0.29) is 12.2 Å². The van der Waals surface area contributed by atoms with Crippen molar-refractivity contribution in [1.29, 1.82) is 0 Å². The molecule has 0 atom stereocenters. The first-order valence-corrected chi connectivity index (χ1v) is 8.34. The zero-order chi connectivity index (χ0) is 19.6. The lowest BCUT2D eigenvalue weighted by Crippen LogP contribution is -2.10. The SMILES string of the molecule is Nc1ncc(-c2cncc(OCc3ccc(Cl)cc3Cl)c2)cc1C(F)(F)F. The van der Waals surface area contributed by atoms with Crippen molar-refractivity contribution >= 4 is 29.0 Å². The van der Waals surface area contributed by atoms with Gasteiger partial charge in [-0.25, -0.2) is 4.98 Å². The van der Waals surface area contributed by atoms with Gasteiger partial charge in [-0.05, 0) is 24.3 Å². The van der Waals surface area contributed by atoms with E-state index in [2.05, 4.69) is 9.97 Å². The highest BCUT2D eigenvalue weighted by Gasteiger charge is 2.34. The first-order valence-electron chi connectivity index (χ1n) is 7.59. The maximum absolute atomic E-state index is 13.0. The fraction of sp³-hybridized carbons (Fsp3) is 0.111. The lowest BCUT2D eigenvalue weighted by molar-refractivity contribution is -0.137. The number of rotatable bonds is 4. The smallest absolute Gasteiger partial charge is 0.419 e. The third-order valence-electron chi connectivity index (χ3n) is 3.68. The molecule has 3 rings (SSSR count). The zero-order valence-electron chi connectivity index (χ0n) is 13.6. The maximum atomic E-state index is 13.0. The predicted molar refractivity (Wildman–Crippen MR) is 97.7 cm³/mol. The van der Waals surface area contributed by atoms with Crippen LogP contribution in [0.1, 0.15) is 11.1 Å². The molecule has 140 valence electrons. The molecule has 0 aliphatic heterocycles. The molecule has 0 saturated heterocycles. The van der Waals surface area contributed by atoms with Crippen LogP contribution in [0.2, 0.25) is 10.0 Å². The van der Waals surface area contributed by atoms with Gasteiger partial charge in [0, 0.05) is 39.1 Å². The molecule has 27 heavy (non-hydrogen) atoms. The van der Waals surface area contributed by atoms with E-state index in [0.717, 1.165) is 6.07 Å². The quantitative estimate of drug-likeness (QED) is 0.601. The van der Waals surface area contributed by atoms with Crippen LogP contribution >= 0.6 is 23.2 Å². The Morgan fingerprint density at radius 2 is 1.74 bits per heavy atom. The number of hydrogen-bond acceptors (Lipinski definition) is 4. The van der Waals surface area contributed by atoms with Crippen molar-refractivity contribution in [3.8, 4) is 16.9 Å². The van der Waals surface area contributed by atoms with E-state index in [1.165, 1.54) is 18.6 Å². The number of hydrogen-bond donors (Lipinski definition) is 1. The number of halogens is 5. The largest absolute Gasteiger partial charge is 0.487 e. The predicted octanol–water partition coefficient (Wildman–Crippen LogP) is 5.63. The standard InChI is InChI=1S/C18H12Cl2F3N3O/c19-13-2-1-10(16(20)5-13)9-27-14-3-11(6-25-8-14)12-4-15(18(21,22)23)17(24)26-7-12/h1-8H,9H2,(H2,24,26). The van der Waals surface area contributed by atoms with Crippen molar-refractivity contribution in [2.45, 2.75) is 12.8 Å². The summed E-state index contributed by atoms with van der Waals surface area (Å²) in [6.07, 6.45) is -0.487. The average molecular weight is 414 g/mol. The first kappa shape index (κ1) is 19.3. The van der Waals surface area contributed by atoms with Gasteiger partial charge in [-0.1, -0.05) is 29.3 Å². The van der Waals surface area contributed by atoms with Crippen LogP contribution in [0, 0.1) is 0 Å². The Morgan fingerprint density at radius 1 is 1.00 bits per heavy atom. The minimum absolute atomic E-state index is 0.148. The second kappa shape index (κ2) is 7.62. The van der Waals surface area contributed by atoms with Gasteiger partial charge in [0.2, 0.25) is 0 Å². The highest BCUT2D eigenvalue weighted by molar-refractivity contribution is 6.35. The Hall–Kier alpha value is -2.51. The molecule has 0 aliphatic rings. The topological polar surface area (TPSA) is 61.0 Å². The van der Waals surface area contributed by atoms with Crippen molar-refractivity contribution in [1.82, 2.24) is 9.97 Å².